The molecule has 15 heavy (non-hydrogen) atoms. The summed E-state index contributed by atoms with van der Waals surface area (Å²) in [6.07, 6.45) is 2.97. The third-order valence-corrected chi connectivity index (χ3v) is 2.65. The Hall–Kier alpha value is -0.940. The number of rotatable bonds is 4. The van der Waals surface area contributed by atoms with Crippen LogP contribution in [0.3, 0.4) is 0 Å². The molecule has 1 fully saturated rings. The van der Waals surface area contributed by atoms with E-state index in [1.807, 2.05) is 0 Å². The summed E-state index contributed by atoms with van der Waals surface area (Å²) in [4.78, 5) is 6.60. The first-order chi connectivity index (χ1) is 7.28. The molecular formula is C10H18N4O. The van der Waals surface area contributed by atoms with Crippen LogP contribution < -0.4 is 5.73 Å². The highest BCUT2D eigenvalue weighted by molar-refractivity contribution is 4.89. The summed E-state index contributed by atoms with van der Waals surface area (Å²) in [5.41, 5.74) is 5.83. The van der Waals surface area contributed by atoms with Gasteiger partial charge < -0.3 is 10.3 Å². The minimum Gasteiger partial charge on any atom is -0.339 e. The molecule has 1 saturated heterocycles. The number of aromatic nitrogens is 2. The Morgan fingerprint density at radius 1 is 1.60 bits per heavy atom. The fourth-order valence-corrected chi connectivity index (χ4v) is 1.88. The maximum Gasteiger partial charge on any atom is 0.226 e. The molecule has 0 spiro atoms. The van der Waals surface area contributed by atoms with E-state index in [2.05, 4.69) is 22.0 Å². The van der Waals surface area contributed by atoms with Crippen LogP contribution >= 0.6 is 0 Å². The maximum absolute atomic E-state index is 5.83. The van der Waals surface area contributed by atoms with Gasteiger partial charge >= 0.3 is 0 Å². The van der Waals surface area contributed by atoms with Crippen molar-refractivity contribution in [1.29, 1.82) is 0 Å². The van der Waals surface area contributed by atoms with Crippen molar-refractivity contribution >= 4 is 0 Å². The van der Waals surface area contributed by atoms with Crippen molar-refractivity contribution in [3.63, 3.8) is 0 Å². The van der Waals surface area contributed by atoms with Crippen molar-refractivity contribution in [2.24, 2.45) is 5.73 Å². The van der Waals surface area contributed by atoms with Crippen LogP contribution in [0.1, 0.15) is 31.5 Å². The Morgan fingerprint density at radius 3 is 3.13 bits per heavy atom. The van der Waals surface area contributed by atoms with Gasteiger partial charge in [0.15, 0.2) is 5.82 Å². The summed E-state index contributed by atoms with van der Waals surface area (Å²) in [6, 6.07) is 0.312. The van der Waals surface area contributed by atoms with Gasteiger partial charge in [-0.25, -0.2) is 0 Å². The maximum atomic E-state index is 5.83. The third kappa shape index (κ3) is 2.76. The van der Waals surface area contributed by atoms with E-state index < -0.39 is 0 Å². The summed E-state index contributed by atoms with van der Waals surface area (Å²) in [6.45, 7) is 4.85. The van der Waals surface area contributed by atoms with Crippen LogP contribution in [-0.4, -0.2) is 34.2 Å². The van der Waals surface area contributed by atoms with Crippen LogP contribution in [-0.2, 0) is 13.0 Å². The fraction of sp³-hybridized carbons (Fsp3) is 0.800. The lowest BCUT2D eigenvalue weighted by atomic mass is 10.3. The summed E-state index contributed by atoms with van der Waals surface area (Å²) in [5.74, 6) is 1.53. The second kappa shape index (κ2) is 4.72. The first kappa shape index (κ1) is 10.6. The van der Waals surface area contributed by atoms with Gasteiger partial charge in [0.1, 0.15) is 0 Å². The quantitative estimate of drug-likeness (QED) is 0.786. The topological polar surface area (TPSA) is 68.2 Å². The Balaban J connectivity index is 1.87. The van der Waals surface area contributed by atoms with E-state index in [1.165, 1.54) is 0 Å². The fourth-order valence-electron chi connectivity index (χ4n) is 1.88. The number of likely N-dealkylation sites (tertiary alicyclic amines) is 1. The van der Waals surface area contributed by atoms with Crippen LogP contribution in [0.5, 0.6) is 0 Å². The lowest BCUT2D eigenvalue weighted by Gasteiger charge is -2.11. The normalized spacial score (nSPS) is 22.4. The van der Waals surface area contributed by atoms with Gasteiger partial charge in [0.05, 0.1) is 6.54 Å². The van der Waals surface area contributed by atoms with E-state index >= 15 is 0 Å². The molecule has 2 heterocycles. The smallest absolute Gasteiger partial charge is 0.226 e. The van der Waals surface area contributed by atoms with Gasteiger partial charge in [0.2, 0.25) is 5.89 Å². The number of nitrogens with two attached hydrogens (primary N) is 1. The minimum atomic E-state index is 0.312. The molecule has 2 N–H and O–H groups in total. The number of nitrogens with zero attached hydrogens (tertiary/aromatic N) is 3. The van der Waals surface area contributed by atoms with Gasteiger partial charge in [0, 0.05) is 25.6 Å². The molecule has 5 heteroatoms. The van der Waals surface area contributed by atoms with Crippen LogP contribution in [0.25, 0.3) is 0 Å². The van der Waals surface area contributed by atoms with Crippen LogP contribution in [0.4, 0.5) is 0 Å². The molecule has 0 radical (unpaired) electrons. The minimum absolute atomic E-state index is 0.312. The van der Waals surface area contributed by atoms with Gasteiger partial charge in [-0.15, -0.1) is 0 Å². The van der Waals surface area contributed by atoms with Crippen molar-refractivity contribution in [1.82, 2.24) is 15.0 Å². The highest BCUT2D eigenvalue weighted by atomic mass is 16.5. The first-order valence-corrected chi connectivity index (χ1v) is 5.57. The van der Waals surface area contributed by atoms with Gasteiger partial charge in [-0.1, -0.05) is 12.1 Å². The molecule has 1 aliphatic heterocycles. The lowest BCUT2D eigenvalue weighted by molar-refractivity contribution is 0.306. The molecule has 0 bridgehead atoms. The standard InChI is InChI=1S/C10H18N4O/c1-2-3-10-12-9(13-15-10)7-14-5-4-8(11)6-14/h8H,2-7,11H2,1H3. The second-order valence-electron chi connectivity index (χ2n) is 4.14. The van der Waals surface area contributed by atoms with E-state index in [1.54, 1.807) is 0 Å². The summed E-state index contributed by atoms with van der Waals surface area (Å²) >= 11 is 0. The predicted molar refractivity (Wildman–Crippen MR) is 56.2 cm³/mol. The van der Waals surface area contributed by atoms with E-state index in [0.29, 0.717) is 6.04 Å². The number of aryl methyl sites for hydroxylation is 1. The summed E-state index contributed by atoms with van der Waals surface area (Å²) < 4.78 is 5.12. The summed E-state index contributed by atoms with van der Waals surface area (Å²) in [5, 5.41) is 3.95. The number of hydrogen-bond acceptors (Lipinski definition) is 5. The lowest BCUT2D eigenvalue weighted by Crippen LogP contribution is -2.26. The Labute approximate surface area is 89.6 Å². The van der Waals surface area contributed by atoms with E-state index in [9.17, 15) is 0 Å². The van der Waals surface area contributed by atoms with Crippen molar-refractivity contribution in [2.45, 2.75) is 38.8 Å². The second-order valence-corrected chi connectivity index (χ2v) is 4.14. The van der Waals surface area contributed by atoms with E-state index in [4.69, 9.17) is 10.3 Å². The third-order valence-electron chi connectivity index (χ3n) is 2.65. The molecule has 0 aromatic carbocycles. The highest BCUT2D eigenvalue weighted by Gasteiger charge is 2.20. The molecule has 1 aliphatic rings. The van der Waals surface area contributed by atoms with Crippen molar-refractivity contribution in [3.8, 4) is 0 Å². The van der Waals surface area contributed by atoms with E-state index in [-0.39, 0.29) is 0 Å². The highest BCUT2D eigenvalue weighted by Crippen LogP contribution is 2.10. The van der Waals surface area contributed by atoms with Crippen molar-refractivity contribution < 1.29 is 4.52 Å². The average molecular weight is 210 g/mol. The molecule has 0 saturated carbocycles. The Bertz CT molecular complexity index is 312. The SMILES string of the molecule is CCCc1nc(CN2CCC(N)C2)no1. The van der Waals surface area contributed by atoms with Gasteiger partial charge in [-0.05, 0) is 12.8 Å². The van der Waals surface area contributed by atoms with E-state index in [0.717, 1.165) is 50.6 Å². The van der Waals surface area contributed by atoms with Crippen LogP contribution in [0.2, 0.25) is 0 Å². The van der Waals surface area contributed by atoms with Crippen molar-refractivity contribution in [2.75, 3.05) is 13.1 Å². The molecule has 2 rings (SSSR count). The van der Waals surface area contributed by atoms with Gasteiger partial charge in [-0.2, -0.15) is 4.98 Å². The molecule has 1 unspecified atom stereocenters. The Morgan fingerprint density at radius 2 is 2.47 bits per heavy atom. The first-order valence-electron chi connectivity index (χ1n) is 5.57. The molecular weight excluding hydrogens is 192 g/mol. The monoisotopic (exact) mass is 210 g/mol. The largest absolute Gasteiger partial charge is 0.339 e. The zero-order valence-electron chi connectivity index (χ0n) is 9.15. The zero-order valence-corrected chi connectivity index (χ0v) is 9.15. The molecule has 1 aromatic heterocycles. The van der Waals surface area contributed by atoms with Gasteiger partial charge in [-0.3, -0.25) is 4.90 Å². The summed E-state index contributed by atoms with van der Waals surface area (Å²) in [7, 11) is 0. The Kier molecular flexibility index (Phi) is 3.33. The number of hydrogen-bond donors (Lipinski definition) is 1. The van der Waals surface area contributed by atoms with Crippen LogP contribution in [0.15, 0.2) is 4.52 Å². The zero-order chi connectivity index (χ0) is 10.7. The molecule has 84 valence electrons. The molecule has 1 atom stereocenters. The molecule has 0 aliphatic carbocycles. The average Bonchev–Trinajstić information content (AvgIpc) is 2.78. The molecule has 1 aromatic rings. The van der Waals surface area contributed by atoms with Crippen molar-refractivity contribution in [3.05, 3.63) is 11.7 Å². The molecule has 0 amide bonds. The van der Waals surface area contributed by atoms with Gasteiger partial charge in [0.25, 0.3) is 0 Å². The molecule has 5 nitrogen and oxygen atoms in total. The van der Waals surface area contributed by atoms with Crippen LogP contribution in [0, 0.1) is 0 Å². The predicted octanol–water partition coefficient (Wildman–Crippen LogP) is 0.555.